The summed E-state index contributed by atoms with van der Waals surface area (Å²) >= 11 is 0. The Labute approximate surface area is 155 Å². The SMILES string of the molecule is CCOc1ccc(C(=O)N[C@@H](C)COC)cc1COc1ccc(C)cc1. The lowest BCUT2D eigenvalue weighted by molar-refractivity contribution is 0.0905. The molecule has 0 saturated carbocycles. The first-order valence-electron chi connectivity index (χ1n) is 8.78. The van der Waals surface area contributed by atoms with E-state index in [2.05, 4.69) is 5.32 Å². The summed E-state index contributed by atoms with van der Waals surface area (Å²) in [6.45, 7) is 7.20. The summed E-state index contributed by atoms with van der Waals surface area (Å²) in [5, 5.41) is 2.91. The van der Waals surface area contributed by atoms with Crippen molar-refractivity contribution < 1.29 is 19.0 Å². The monoisotopic (exact) mass is 357 g/mol. The van der Waals surface area contributed by atoms with Crippen LogP contribution in [0.4, 0.5) is 0 Å². The highest BCUT2D eigenvalue weighted by Crippen LogP contribution is 2.23. The summed E-state index contributed by atoms with van der Waals surface area (Å²) in [6.07, 6.45) is 0. The fourth-order valence-corrected chi connectivity index (χ4v) is 2.52. The Morgan fingerprint density at radius 1 is 1.12 bits per heavy atom. The molecule has 0 radical (unpaired) electrons. The van der Waals surface area contributed by atoms with Crippen LogP contribution >= 0.6 is 0 Å². The van der Waals surface area contributed by atoms with Gasteiger partial charge in [-0.3, -0.25) is 4.79 Å². The zero-order valence-corrected chi connectivity index (χ0v) is 15.9. The van der Waals surface area contributed by atoms with Crippen LogP contribution in [-0.4, -0.2) is 32.3 Å². The number of hydrogen-bond donors (Lipinski definition) is 1. The van der Waals surface area contributed by atoms with Crippen LogP contribution in [0.1, 0.15) is 35.3 Å². The number of carbonyl (C=O) groups is 1. The van der Waals surface area contributed by atoms with Gasteiger partial charge < -0.3 is 19.5 Å². The molecule has 0 spiro atoms. The maximum atomic E-state index is 12.4. The zero-order chi connectivity index (χ0) is 18.9. The van der Waals surface area contributed by atoms with E-state index in [-0.39, 0.29) is 11.9 Å². The maximum absolute atomic E-state index is 12.4. The highest BCUT2D eigenvalue weighted by atomic mass is 16.5. The lowest BCUT2D eigenvalue weighted by Crippen LogP contribution is -2.35. The number of methoxy groups -OCH3 is 1. The number of ether oxygens (including phenoxy) is 3. The highest BCUT2D eigenvalue weighted by molar-refractivity contribution is 5.94. The number of aryl methyl sites for hydroxylation is 1. The van der Waals surface area contributed by atoms with Gasteiger partial charge in [-0.25, -0.2) is 0 Å². The van der Waals surface area contributed by atoms with E-state index in [0.29, 0.717) is 25.4 Å². The average molecular weight is 357 g/mol. The van der Waals surface area contributed by atoms with E-state index in [1.54, 1.807) is 13.2 Å². The Balaban J connectivity index is 2.13. The van der Waals surface area contributed by atoms with E-state index in [9.17, 15) is 4.79 Å². The third kappa shape index (κ3) is 5.77. The first-order chi connectivity index (χ1) is 12.5. The number of hydrogen-bond acceptors (Lipinski definition) is 4. The summed E-state index contributed by atoms with van der Waals surface area (Å²) in [6, 6.07) is 13.2. The molecule has 2 aromatic carbocycles. The van der Waals surface area contributed by atoms with Gasteiger partial charge in [0.15, 0.2) is 0 Å². The van der Waals surface area contributed by atoms with Crippen LogP contribution in [0.5, 0.6) is 11.5 Å². The predicted molar refractivity (Wildman–Crippen MR) is 102 cm³/mol. The van der Waals surface area contributed by atoms with Crippen LogP contribution in [-0.2, 0) is 11.3 Å². The molecule has 2 aromatic rings. The van der Waals surface area contributed by atoms with E-state index in [0.717, 1.165) is 17.1 Å². The minimum atomic E-state index is -0.144. The van der Waals surface area contributed by atoms with Crippen molar-refractivity contribution in [2.75, 3.05) is 20.3 Å². The molecule has 5 nitrogen and oxygen atoms in total. The van der Waals surface area contributed by atoms with Crippen LogP contribution < -0.4 is 14.8 Å². The normalized spacial score (nSPS) is 11.7. The summed E-state index contributed by atoms with van der Waals surface area (Å²) in [4.78, 5) is 12.4. The number of amides is 1. The van der Waals surface area contributed by atoms with Crippen molar-refractivity contribution in [2.45, 2.75) is 33.4 Å². The van der Waals surface area contributed by atoms with Crippen molar-refractivity contribution in [3.63, 3.8) is 0 Å². The van der Waals surface area contributed by atoms with Crippen molar-refractivity contribution in [1.29, 1.82) is 0 Å². The predicted octanol–water partition coefficient (Wildman–Crippen LogP) is 3.74. The van der Waals surface area contributed by atoms with Gasteiger partial charge in [0.05, 0.1) is 13.2 Å². The van der Waals surface area contributed by atoms with Gasteiger partial charge in [0, 0.05) is 24.3 Å². The Hall–Kier alpha value is -2.53. The molecule has 1 atom stereocenters. The molecule has 0 saturated heterocycles. The fourth-order valence-electron chi connectivity index (χ4n) is 2.52. The second-order valence-electron chi connectivity index (χ2n) is 6.19. The molecule has 0 aliphatic heterocycles. The molecule has 0 heterocycles. The third-order valence-electron chi connectivity index (χ3n) is 3.83. The molecule has 2 rings (SSSR count). The van der Waals surface area contributed by atoms with Gasteiger partial charge in [-0.2, -0.15) is 0 Å². The Morgan fingerprint density at radius 2 is 1.85 bits per heavy atom. The molecule has 0 aliphatic carbocycles. The zero-order valence-electron chi connectivity index (χ0n) is 15.9. The van der Waals surface area contributed by atoms with E-state index in [1.165, 1.54) is 5.56 Å². The fraction of sp³-hybridized carbons (Fsp3) is 0.381. The second kappa shape index (κ2) is 9.82. The Kier molecular flexibility index (Phi) is 7.48. The molecule has 0 aliphatic rings. The highest BCUT2D eigenvalue weighted by Gasteiger charge is 2.13. The lowest BCUT2D eigenvalue weighted by Gasteiger charge is -2.15. The number of rotatable bonds is 9. The van der Waals surface area contributed by atoms with E-state index < -0.39 is 0 Å². The largest absolute Gasteiger partial charge is 0.493 e. The molecular formula is C21H27NO4. The van der Waals surface area contributed by atoms with Gasteiger partial charge in [-0.05, 0) is 51.1 Å². The molecule has 26 heavy (non-hydrogen) atoms. The van der Waals surface area contributed by atoms with Gasteiger partial charge in [-0.15, -0.1) is 0 Å². The molecule has 0 fully saturated rings. The molecule has 0 bridgehead atoms. The van der Waals surface area contributed by atoms with Gasteiger partial charge in [0.1, 0.15) is 18.1 Å². The molecule has 140 valence electrons. The van der Waals surface area contributed by atoms with Gasteiger partial charge in [0.25, 0.3) is 5.91 Å². The van der Waals surface area contributed by atoms with Crippen molar-refractivity contribution >= 4 is 5.91 Å². The van der Waals surface area contributed by atoms with Crippen molar-refractivity contribution in [3.8, 4) is 11.5 Å². The number of nitrogens with one attached hydrogen (secondary N) is 1. The first-order valence-corrected chi connectivity index (χ1v) is 8.78. The van der Waals surface area contributed by atoms with Gasteiger partial charge >= 0.3 is 0 Å². The quantitative estimate of drug-likeness (QED) is 0.743. The van der Waals surface area contributed by atoms with Crippen LogP contribution in [0.2, 0.25) is 0 Å². The second-order valence-corrected chi connectivity index (χ2v) is 6.19. The summed E-state index contributed by atoms with van der Waals surface area (Å²) in [7, 11) is 1.61. The van der Waals surface area contributed by atoms with E-state index in [4.69, 9.17) is 14.2 Å². The van der Waals surface area contributed by atoms with E-state index >= 15 is 0 Å². The van der Waals surface area contributed by atoms with Crippen LogP contribution in [0.3, 0.4) is 0 Å². The first kappa shape index (κ1) is 19.8. The molecule has 0 aromatic heterocycles. The smallest absolute Gasteiger partial charge is 0.251 e. The topological polar surface area (TPSA) is 56.8 Å². The minimum absolute atomic E-state index is 0.0636. The summed E-state index contributed by atoms with van der Waals surface area (Å²) in [5.74, 6) is 1.36. The summed E-state index contributed by atoms with van der Waals surface area (Å²) in [5.41, 5.74) is 2.58. The van der Waals surface area contributed by atoms with Crippen molar-refractivity contribution in [2.24, 2.45) is 0 Å². The minimum Gasteiger partial charge on any atom is -0.493 e. The standard InChI is InChI=1S/C21H27NO4/c1-5-25-20-11-8-17(21(23)22-16(3)13-24-4)12-18(20)14-26-19-9-6-15(2)7-10-19/h6-12,16H,5,13-14H2,1-4H3,(H,22,23)/t16-/m0/s1. The van der Waals surface area contributed by atoms with Crippen LogP contribution in [0.15, 0.2) is 42.5 Å². The van der Waals surface area contributed by atoms with Gasteiger partial charge in [-0.1, -0.05) is 17.7 Å². The van der Waals surface area contributed by atoms with Gasteiger partial charge in [0.2, 0.25) is 0 Å². The molecule has 0 unspecified atom stereocenters. The molecule has 1 amide bonds. The molecule has 1 N–H and O–H groups in total. The number of carbonyl (C=O) groups excluding carboxylic acids is 1. The Morgan fingerprint density at radius 3 is 2.50 bits per heavy atom. The van der Waals surface area contributed by atoms with Crippen LogP contribution in [0.25, 0.3) is 0 Å². The average Bonchev–Trinajstić information content (AvgIpc) is 2.62. The Bertz CT molecular complexity index is 712. The molecular weight excluding hydrogens is 330 g/mol. The summed E-state index contributed by atoms with van der Waals surface area (Å²) < 4.78 is 16.6. The maximum Gasteiger partial charge on any atom is 0.251 e. The third-order valence-corrected chi connectivity index (χ3v) is 3.83. The molecule has 5 heteroatoms. The van der Waals surface area contributed by atoms with Crippen molar-refractivity contribution in [1.82, 2.24) is 5.32 Å². The van der Waals surface area contributed by atoms with Crippen molar-refractivity contribution in [3.05, 3.63) is 59.2 Å². The van der Waals surface area contributed by atoms with Crippen LogP contribution in [0, 0.1) is 6.92 Å². The lowest BCUT2D eigenvalue weighted by atomic mass is 10.1. The number of benzene rings is 2. The van der Waals surface area contributed by atoms with E-state index in [1.807, 2.05) is 57.2 Å².